The van der Waals surface area contributed by atoms with Crippen molar-refractivity contribution in [1.82, 2.24) is 25.7 Å². The predicted octanol–water partition coefficient (Wildman–Crippen LogP) is 3.20. The lowest BCUT2D eigenvalue weighted by Crippen LogP contribution is -2.39. The normalized spacial score (nSPS) is 16.7. The highest BCUT2D eigenvalue weighted by atomic mass is 16.5. The van der Waals surface area contributed by atoms with E-state index in [9.17, 15) is 4.79 Å². The molecule has 1 amide bonds. The van der Waals surface area contributed by atoms with Gasteiger partial charge < -0.3 is 19.3 Å². The van der Waals surface area contributed by atoms with E-state index in [0.29, 0.717) is 25.0 Å². The largest absolute Gasteiger partial charge is 0.472 e. The quantitative estimate of drug-likeness (QED) is 0.602. The molecule has 9 heteroatoms. The summed E-state index contributed by atoms with van der Waals surface area (Å²) >= 11 is 0. The van der Waals surface area contributed by atoms with Crippen LogP contribution >= 0.6 is 0 Å². The molecule has 0 unspecified atom stereocenters. The van der Waals surface area contributed by atoms with Crippen molar-refractivity contribution < 1.29 is 18.8 Å². The van der Waals surface area contributed by atoms with E-state index < -0.39 is 0 Å². The number of hydrogen-bond donors (Lipinski definition) is 1. The Morgan fingerprint density at radius 2 is 1.97 bits per heavy atom. The molecule has 3 aromatic heterocycles. The fourth-order valence-electron chi connectivity index (χ4n) is 3.73. The number of rotatable bonds is 7. The molecule has 4 heterocycles. The number of nitrogens with one attached hydrogen (secondary N) is 1. The average molecular weight is 435 g/mol. The van der Waals surface area contributed by atoms with Crippen LogP contribution in [0.1, 0.15) is 59.1 Å². The van der Waals surface area contributed by atoms with Gasteiger partial charge in [0.2, 0.25) is 5.88 Å². The molecule has 2 fully saturated rings. The molecule has 0 atom stereocenters. The molecule has 5 rings (SSSR count). The first-order chi connectivity index (χ1) is 15.7. The zero-order valence-corrected chi connectivity index (χ0v) is 17.9. The molecule has 1 N–H and O–H groups in total. The summed E-state index contributed by atoms with van der Waals surface area (Å²) in [4.78, 5) is 16.8. The molecule has 0 bridgehead atoms. The van der Waals surface area contributed by atoms with Gasteiger partial charge in [-0.1, -0.05) is 5.16 Å². The number of amides is 1. The maximum absolute atomic E-state index is 12.4. The van der Waals surface area contributed by atoms with Gasteiger partial charge in [-0.2, -0.15) is 0 Å². The third-order valence-corrected chi connectivity index (χ3v) is 5.75. The van der Waals surface area contributed by atoms with Crippen LogP contribution in [0.25, 0.3) is 11.3 Å². The van der Waals surface area contributed by atoms with Gasteiger partial charge in [-0.3, -0.25) is 9.78 Å². The van der Waals surface area contributed by atoms with Gasteiger partial charge in [-0.05, 0) is 50.8 Å². The lowest BCUT2D eigenvalue weighted by molar-refractivity contribution is 0.0693. The zero-order chi connectivity index (χ0) is 21.9. The molecule has 9 nitrogen and oxygen atoms in total. The number of nitrogens with zero attached hydrogens (tertiary/aromatic N) is 4. The molecule has 1 saturated heterocycles. The van der Waals surface area contributed by atoms with E-state index >= 15 is 0 Å². The molecule has 3 aromatic rings. The van der Waals surface area contributed by atoms with Crippen molar-refractivity contribution in [1.29, 1.82) is 0 Å². The molecule has 32 heavy (non-hydrogen) atoms. The van der Waals surface area contributed by atoms with Crippen LogP contribution in [-0.2, 0) is 11.3 Å². The molecular formula is C23H25N5O4. The molecule has 1 saturated carbocycles. The summed E-state index contributed by atoms with van der Waals surface area (Å²) in [6.45, 7) is 3.52. The van der Waals surface area contributed by atoms with E-state index in [1.54, 1.807) is 18.3 Å². The van der Waals surface area contributed by atoms with E-state index in [-0.39, 0.29) is 24.2 Å². The highest BCUT2D eigenvalue weighted by molar-refractivity contribution is 5.92. The van der Waals surface area contributed by atoms with Crippen LogP contribution in [0.5, 0.6) is 5.88 Å². The predicted molar refractivity (Wildman–Crippen MR) is 114 cm³/mol. The van der Waals surface area contributed by atoms with Crippen molar-refractivity contribution in [3.05, 3.63) is 53.2 Å². The summed E-state index contributed by atoms with van der Waals surface area (Å²) in [6.07, 6.45) is 5.58. The van der Waals surface area contributed by atoms with Crippen molar-refractivity contribution in [3.8, 4) is 17.1 Å². The van der Waals surface area contributed by atoms with Gasteiger partial charge in [0, 0.05) is 48.7 Å². The maximum Gasteiger partial charge on any atom is 0.272 e. The highest BCUT2D eigenvalue weighted by Crippen LogP contribution is 2.44. The fourth-order valence-corrected chi connectivity index (χ4v) is 3.73. The summed E-state index contributed by atoms with van der Waals surface area (Å²) in [7, 11) is 0. The smallest absolute Gasteiger partial charge is 0.272 e. The van der Waals surface area contributed by atoms with Gasteiger partial charge in [-0.15, -0.1) is 10.2 Å². The van der Waals surface area contributed by atoms with Crippen LogP contribution in [0, 0.1) is 6.92 Å². The number of aromatic nitrogens is 4. The lowest BCUT2D eigenvalue weighted by atomic mass is 10.1. The van der Waals surface area contributed by atoms with Gasteiger partial charge in [0.1, 0.15) is 18.1 Å². The van der Waals surface area contributed by atoms with Gasteiger partial charge in [0.05, 0.1) is 5.56 Å². The van der Waals surface area contributed by atoms with E-state index in [1.807, 2.05) is 19.1 Å². The molecule has 166 valence electrons. The van der Waals surface area contributed by atoms with Crippen LogP contribution in [-0.4, -0.2) is 45.5 Å². The summed E-state index contributed by atoms with van der Waals surface area (Å²) in [5, 5.41) is 15.4. The molecule has 0 spiro atoms. The first kappa shape index (κ1) is 20.6. The van der Waals surface area contributed by atoms with Crippen molar-refractivity contribution in [2.75, 3.05) is 13.2 Å². The van der Waals surface area contributed by atoms with Crippen molar-refractivity contribution >= 4 is 5.91 Å². The zero-order valence-electron chi connectivity index (χ0n) is 17.9. The summed E-state index contributed by atoms with van der Waals surface area (Å²) in [5.41, 5.74) is 3.73. The number of carbonyl (C=O) groups excluding carboxylic acids is 1. The molecule has 0 aromatic carbocycles. The number of ether oxygens (including phenoxy) is 2. The highest BCUT2D eigenvalue weighted by Gasteiger charge is 2.33. The molecule has 1 aliphatic carbocycles. The first-order valence-electron chi connectivity index (χ1n) is 10.9. The Morgan fingerprint density at radius 1 is 1.12 bits per heavy atom. The molecule has 0 radical (unpaired) electrons. The second kappa shape index (κ2) is 9.04. The minimum absolute atomic E-state index is 0.109. The Labute approximate surface area is 185 Å². The molecule has 1 aliphatic heterocycles. The minimum atomic E-state index is -0.236. The van der Waals surface area contributed by atoms with E-state index in [2.05, 4.69) is 25.7 Å². The van der Waals surface area contributed by atoms with Crippen LogP contribution in [0.2, 0.25) is 0 Å². The summed E-state index contributed by atoms with van der Waals surface area (Å²) in [6, 6.07) is 7.31. The standard InChI is InChI=1S/C23H25N5O4/c1-14-2-3-16(12-24-14)21-18(22(32-28-21)15-4-5-15)13-31-20-7-6-19(26-27-20)23(29)25-17-8-10-30-11-9-17/h2-3,6-7,12,15,17H,4-5,8-11,13H2,1H3,(H,25,29). The van der Waals surface area contributed by atoms with E-state index in [0.717, 1.165) is 54.0 Å². The maximum atomic E-state index is 12.4. The van der Waals surface area contributed by atoms with Crippen molar-refractivity contribution in [3.63, 3.8) is 0 Å². The van der Waals surface area contributed by atoms with E-state index in [1.165, 1.54) is 0 Å². The Balaban J connectivity index is 1.27. The number of aryl methyl sites for hydroxylation is 1. The van der Waals surface area contributed by atoms with Crippen molar-refractivity contribution in [2.24, 2.45) is 0 Å². The number of pyridine rings is 1. The fraction of sp³-hybridized carbons (Fsp3) is 0.435. The van der Waals surface area contributed by atoms with Crippen LogP contribution < -0.4 is 10.1 Å². The number of carbonyl (C=O) groups is 1. The Bertz CT molecular complexity index is 1070. The average Bonchev–Trinajstić information content (AvgIpc) is 3.58. The van der Waals surface area contributed by atoms with Gasteiger partial charge in [-0.25, -0.2) is 0 Å². The van der Waals surface area contributed by atoms with Crippen molar-refractivity contribution in [2.45, 2.75) is 51.2 Å². The Kier molecular flexibility index (Phi) is 5.81. The molecule has 2 aliphatic rings. The van der Waals surface area contributed by atoms with Crippen LogP contribution in [0.4, 0.5) is 0 Å². The first-order valence-corrected chi connectivity index (χ1v) is 10.9. The van der Waals surface area contributed by atoms with Crippen LogP contribution in [0.15, 0.2) is 35.0 Å². The van der Waals surface area contributed by atoms with Gasteiger partial charge in [0.15, 0.2) is 5.69 Å². The third kappa shape index (κ3) is 4.62. The molecular weight excluding hydrogens is 410 g/mol. The van der Waals surface area contributed by atoms with Gasteiger partial charge >= 0.3 is 0 Å². The number of hydrogen-bond acceptors (Lipinski definition) is 8. The Morgan fingerprint density at radius 3 is 2.66 bits per heavy atom. The SMILES string of the molecule is Cc1ccc(-c2noc(C3CC3)c2COc2ccc(C(=O)NC3CCOCC3)nn2)cn1. The minimum Gasteiger partial charge on any atom is -0.472 e. The second-order valence-corrected chi connectivity index (χ2v) is 8.24. The second-order valence-electron chi connectivity index (χ2n) is 8.24. The monoisotopic (exact) mass is 435 g/mol. The lowest BCUT2D eigenvalue weighted by Gasteiger charge is -2.22. The summed E-state index contributed by atoms with van der Waals surface area (Å²) < 4.78 is 16.9. The topological polar surface area (TPSA) is 112 Å². The summed E-state index contributed by atoms with van der Waals surface area (Å²) in [5.74, 6) is 1.35. The Hall–Kier alpha value is -3.33. The van der Waals surface area contributed by atoms with Gasteiger partial charge in [0.25, 0.3) is 5.91 Å². The van der Waals surface area contributed by atoms with Crippen LogP contribution in [0.3, 0.4) is 0 Å². The third-order valence-electron chi connectivity index (χ3n) is 5.75. The van der Waals surface area contributed by atoms with E-state index in [4.69, 9.17) is 14.0 Å².